The summed E-state index contributed by atoms with van der Waals surface area (Å²) < 4.78 is 13.9. The van der Waals surface area contributed by atoms with Crippen molar-refractivity contribution in [3.63, 3.8) is 0 Å². The zero-order chi connectivity index (χ0) is 19.2. The van der Waals surface area contributed by atoms with E-state index in [4.69, 9.17) is 0 Å². The molecule has 4 nitrogen and oxygen atoms in total. The number of rotatable bonds is 7. The molecule has 2 aromatic rings. The molecule has 0 radical (unpaired) electrons. The summed E-state index contributed by atoms with van der Waals surface area (Å²) in [6.45, 7) is 10.2. The molecule has 27 heavy (non-hydrogen) atoms. The van der Waals surface area contributed by atoms with Gasteiger partial charge in [-0.25, -0.2) is 4.98 Å². The molecule has 1 aliphatic heterocycles. The predicted molar refractivity (Wildman–Crippen MR) is 111 cm³/mol. The molecule has 0 spiro atoms. The van der Waals surface area contributed by atoms with Crippen molar-refractivity contribution in [2.45, 2.75) is 52.2 Å². The normalized spacial score (nSPS) is 15.9. The van der Waals surface area contributed by atoms with Crippen LogP contribution >= 0.6 is 0 Å². The number of nitrogens with one attached hydrogen (secondary N) is 1. The van der Waals surface area contributed by atoms with Crippen LogP contribution in [0.3, 0.4) is 0 Å². The van der Waals surface area contributed by atoms with Gasteiger partial charge in [0.15, 0.2) is 5.82 Å². The van der Waals surface area contributed by atoms with Crippen LogP contribution in [0.15, 0.2) is 42.5 Å². The van der Waals surface area contributed by atoms with E-state index in [0.717, 1.165) is 50.5 Å². The summed E-state index contributed by atoms with van der Waals surface area (Å²) in [6, 6.07) is 14.5. The molecule has 1 aromatic carbocycles. The highest BCUT2D eigenvalue weighted by atomic mass is 19.1. The number of anilines is 2. The predicted octanol–water partition coefficient (Wildman–Crippen LogP) is 4.53. The van der Waals surface area contributed by atoms with Crippen molar-refractivity contribution in [3.8, 4) is 0 Å². The Kier molecular flexibility index (Phi) is 6.67. The number of hydrogen-bond acceptors (Lipinski definition) is 4. The Bertz CT molecular complexity index is 712. The molecule has 3 rings (SSSR count). The number of benzene rings is 1. The summed E-state index contributed by atoms with van der Waals surface area (Å²) in [5.74, 6) is 0.326. The van der Waals surface area contributed by atoms with Gasteiger partial charge in [-0.1, -0.05) is 30.3 Å². The zero-order valence-corrected chi connectivity index (χ0v) is 16.7. The lowest BCUT2D eigenvalue weighted by Gasteiger charge is -2.39. The Morgan fingerprint density at radius 2 is 1.85 bits per heavy atom. The largest absolute Gasteiger partial charge is 0.380 e. The molecule has 5 heteroatoms. The molecule has 1 aromatic heterocycles. The fourth-order valence-corrected chi connectivity index (χ4v) is 3.88. The standard InChI is InChI=1S/C22H31FN4/c1-4-27(22-20(24-17(2)3)10-11-21(23)25-22)19-12-14-26(15-13-19)16-18-8-6-5-7-9-18/h5-11,17,19,24H,4,12-16H2,1-3H3. The first-order valence-electron chi connectivity index (χ1n) is 10.0. The quantitative estimate of drug-likeness (QED) is 0.726. The maximum atomic E-state index is 13.9. The molecule has 2 heterocycles. The van der Waals surface area contributed by atoms with E-state index in [0.29, 0.717) is 6.04 Å². The van der Waals surface area contributed by atoms with E-state index >= 15 is 0 Å². The number of aromatic nitrogens is 1. The van der Waals surface area contributed by atoms with Crippen LogP contribution in [-0.2, 0) is 6.54 Å². The summed E-state index contributed by atoms with van der Waals surface area (Å²) in [5.41, 5.74) is 2.28. The fraction of sp³-hybridized carbons (Fsp3) is 0.500. The van der Waals surface area contributed by atoms with Crippen LogP contribution < -0.4 is 10.2 Å². The summed E-state index contributed by atoms with van der Waals surface area (Å²) in [6.07, 6.45) is 2.14. The van der Waals surface area contributed by atoms with Crippen molar-refractivity contribution < 1.29 is 4.39 Å². The van der Waals surface area contributed by atoms with Crippen molar-refractivity contribution in [1.82, 2.24) is 9.88 Å². The molecule has 1 saturated heterocycles. The van der Waals surface area contributed by atoms with Crippen LogP contribution in [0.4, 0.5) is 15.9 Å². The van der Waals surface area contributed by atoms with Gasteiger partial charge in [0.25, 0.3) is 0 Å². The molecule has 1 N–H and O–H groups in total. The molecule has 0 bridgehead atoms. The highest BCUT2D eigenvalue weighted by Gasteiger charge is 2.26. The molecule has 0 atom stereocenters. The van der Waals surface area contributed by atoms with Crippen molar-refractivity contribution in [2.75, 3.05) is 29.9 Å². The lowest BCUT2D eigenvalue weighted by atomic mass is 10.0. The van der Waals surface area contributed by atoms with Crippen molar-refractivity contribution in [3.05, 3.63) is 54.0 Å². The number of piperidine rings is 1. The Hall–Kier alpha value is -2.14. The van der Waals surface area contributed by atoms with Gasteiger partial charge in [-0.3, -0.25) is 4.90 Å². The number of halogens is 1. The monoisotopic (exact) mass is 370 g/mol. The fourth-order valence-electron chi connectivity index (χ4n) is 3.88. The van der Waals surface area contributed by atoms with Gasteiger partial charge < -0.3 is 10.2 Å². The smallest absolute Gasteiger partial charge is 0.214 e. The summed E-state index contributed by atoms with van der Waals surface area (Å²) >= 11 is 0. The van der Waals surface area contributed by atoms with Crippen molar-refractivity contribution in [1.29, 1.82) is 0 Å². The van der Waals surface area contributed by atoms with Gasteiger partial charge in [0, 0.05) is 38.3 Å². The van der Waals surface area contributed by atoms with Gasteiger partial charge in [-0.05, 0) is 51.3 Å². The Labute approximate surface area is 162 Å². The molecule has 0 amide bonds. The van der Waals surface area contributed by atoms with Gasteiger partial charge in [0.2, 0.25) is 5.95 Å². The molecule has 0 saturated carbocycles. The summed E-state index contributed by atoms with van der Waals surface area (Å²) in [4.78, 5) is 9.02. The lowest BCUT2D eigenvalue weighted by Crippen LogP contribution is -2.45. The van der Waals surface area contributed by atoms with Crippen LogP contribution in [0, 0.1) is 5.95 Å². The second-order valence-electron chi connectivity index (χ2n) is 7.58. The SMILES string of the molecule is CCN(c1nc(F)ccc1NC(C)C)C1CCN(Cc2ccccc2)CC1. The Balaban J connectivity index is 1.68. The van der Waals surface area contributed by atoms with Gasteiger partial charge in [0.05, 0.1) is 5.69 Å². The van der Waals surface area contributed by atoms with Crippen LogP contribution in [0.5, 0.6) is 0 Å². The first-order chi connectivity index (χ1) is 13.1. The Morgan fingerprint density at radius 1 is 1.15 bits per heavy atom. The third kappa shape index (κ3) is 5.19. The number of pyridine rings is 1. The molecular weight excluding hydrogens is 339 g/mol. The first-order valence-corrected chi connectivity index (χ1v) is 10.0. The second kappa shape index (κ2) is 9.18. The first kappa shape index (κ1) is 19.6. The van der Waals surface area contributed by atoms with Crippen LogP contribution in [0.25, 0.3) is 0 Å². The van der Waals surface area contributed by atoms with E-state index in [2.05, 4.69) is 71.2 Å². The second-order valence-corrected chi connectivity index (χ2v) is 7.58. The molecule has 0 unspecified atom stereocenters. The van der Waals surface area contributed by atoms with Crippen LogP contribution in [-0.4, -0.2) is 41.6 Å². The van der Waals surface area contributed by atoms with E-state index in [1.807, 2.05) is 6.07 Å². The van der Waals surface area contributed by atoms with Crippen molar-refractivity contribution >= 4 is 11.5 Å². The number of likely N-dealkylation sites (tertiary alicyclic amines) is 1. The van der Waals surface area contributed by atoms with Crippen LogP contribution in [0.1, 0.15) is 39.2 Å². The van der Waals surface area contributed by atoms with Gasteiger partial charge in [-0.2, -0.15) is 4.39 Å². The average Bonchev–Trinajstić information content (AvgIpc) is 2.66. The molecule has 1 aliphatic rings. The van der Waals surface area contributed by atoms with Crippen LogP contribution in [0.2, 0.25) is 0 Å². The summed E-state index contributed by atoms with van der Waals surface area (Å²) in [7, 11) is 0. The van der Waals surface area contributed by atoms with E-state index in [1.165, 1.54) is 11.6 Å². The van der Waals surface area contributed by atoms with E-state index in [9.17, 15) is 4.39 Å². The highest BCUT2D eigenvalue weighted by Crippen LogP contribution is 2.29. The van der Waals surface area contributed by atoms with Gasteiger partial charge in [-0.15, -0.1) is 0 Å². The highest BCUT2D eigenvalue weighted by molar-refractivity contribution is 5.66. The molecule has 1 fully saturated rings. The van der Waals surface area contributed by atoms with E-state index < -0.39 is 5.95 Å². The maximum Gasteiger partial charge on any atom is 0.214 e. The third-order valence-corrected chi connectivity index (χ3v) is 5.14. The van der Waals surface area contributed by atoms with Gasteiger partial charge in [0.1, 0.15) is 0 Å². The number of hydrogen-bond donors (Lipinski definition) is 1. The maximum absolute atomic E-state index is 13.9. The molecule has 146 valence electrons. The number of nitrogens with zero attached hydrogens (tertiary/aromatic N) is 3. The minimum Gasteiger partial charge on any atom is -0.380 e. The molecule has 0 aliphatic carbocycles. The zero-order valence-electron chi connectivity index (χ0n) is 16.7. The van der Waals surface area contributed by atoms with E-state index in [-0.39, 0.29) is 6.04 Å². The topological polar surface area (TPSA) is 31.4 Å². The van der Waals surface area contributed by atoms with E-state index in [1.54, 1.807) is 0 Å². The third-order valence-electron chi connectivity index (χ3n) is 5.14. The van der Waals surface area contributed by atoms with Crippen molar-refractivity contribution in [2.24, 2.45) is 0 Å². The molecular formula is C22H31FN4. The van der Waals surface area contributed by atoms with Gasteiger partial charge >= 0.3 is 0 Å². The minimum absolute atomic E-state index is 0.280. The lowest BCUT2D eigenvalue weighted by molar-refractivity contribution is 0.201. The minimum atomic E-state index is -0.417. The summed E-state index contributed by atoms with van der Waals surface area (Å²) in [5, 5.41) is 3.41. The average molecular weight is 371 g/mol. The Morgan fingerprint density at radius 3 is 2.48 bits per heavy atom.